The number of phenols is 1. The molecule has 1 N–H and O–H groups in total. The molecule has 0 aliphatic rings. The van der Waals surface area contributed by atoms with Crippen LogP contribution in [0.5, 0.6) is 5.75 Å². The molecule has 1 rings (SSSR count). The van der Waals surface area contributed by atoms with Crippen LogP contribution in [0.2, 0.25) is 0 Å². The van der Waals surface area contributed by atoms with E-state index >= 15 is 0 Å². The first-order valence-corrected chi connectivity index (χ1v) is 14.2. The number of ether oxygens (including phenoxy) is 1. The number of aliphatic imine (C=N–C) groups is 1. The first-order chi connectivity index (χ1) is 16.9. The third-order valence-corrected chi connectivity index (χ3v) is 6.54. The molecule has 0 atom stereocenters. The molecule has 0 spiro atoms. The van der Waals surface area contributed by atoms with Gasteiger partial charge in [-0.15, -0.1) is 0 Å². The fourth-order valence-electron chi connectivity index (χ4n) is 4.31. The number of phenolic OH excluding ortho intramolecular Hbond substituents is 1. The van der Waals surface area contributed by atoms with Gasteiger partial charge in [0, 0.05) is 24.7 Å². The SMILES string of the molecule is CCCCCCCCCCCCCCCCOC(=O)C[N+](C)(C)CCCN=Cc1ccccc1O. The molecule has 0 amide bonds. The summed E-state index contributed by atoms with van der Waals surface area (Å²) in [6, 6.07) is 7.18. The van der Waals surface area contributed by atoms with Gasteiger partial charge >= 0.3 is 5.97 Å². The molecule has 1 aromatic carbocycles. The number of para-hydroxylation sites is 1. The smallest absolute Gasteiger partial charge is 0.361 e. The van der Waals surface area contributed by atoms with Crippen molar-refractivity contribution in [1.29, 1.82) is 0 Å². The monoisotopic (exact) mass is 489 g/mol. The quantitative estimate of drug-likeness (QED) is 0.0804. The Labute approximate surface area is 215 Å². The Hall–Kier alpha value is -1.88. The number of likely N-dealkylation sites (N-methyl/N-ethyl adjacent to an activating group) is 1. The van der Waals surface area contributed by atoms with Gasteiger partial charge in [-0.3, -0.25) is 4.99 Å². The second kappa shape index (κ2) is 20.3. The van der Waals surface area contributed by atoms with Crippen LogP contribution in [0.4, 0.5) is 0 Å². The molecule has 5 heteroatoms. The summed E-state index contributed by atoms with van der Waals surface area (Å²) in [7, 11) is 4.11. The van der Waals surface area contributed by atoms with Crippen LogP contribution >= 0.6 is 0 Å². The fourth-order valence-corrected chi connectivity index (χ4v) is 4.31. The summed E-state index contributed by atoms with van der Waals surface area (Å²) in [4.78, 5) is 16.6. The number of benzene rings is 1. The summed E-state index contributed by atoms with van der Waals surface area (Å²) < 4.78 is 6.07. The predicted molar refractivity (Wildman–Crippen MR) is 148 cm³/mol. The van der Waals surface area contributed by atoms with Crippen molar-refractivity contribution in [1.82, 2.24) is 0 Å². The Morgan fingerprint density at radius 3 is 1.97 bits per heavy atom. The van der Waals surface area contributed by atoms with E-state index < -0.39 is 0 Å². The van der Waals surface area contributed by atoms with Gasteiger partial charge in [0.2, 0.25) is 0 Å². The molecule has 0 fully saturated rings. The van der Waals surface area contributed by atoms with Crippen molar-refractivity contribution in [2.24, 2.45) is 4.99 Å². The van der Waals surface area contributed by atoms with E-state index in [2.05, 4.69) is 26.0 Å². The lowest BCUT2D eigenvalue weighted by Gasteiger charge is -2.28. The highest BCUT2D eigenvalue weighted by Crippen LogP contribution is 2.14. The molecule has 0 aliphatic carbocycles. The van der Waals surface area contributed by atoms with E-state index in [0.29, 0.717) is 24.2 Å². The highest BCUT2D eigenvalue weighted by atomic mass is 16.5. The van der Waals surface area contributed by atoms with Gasteiger partial charge in [-0.1, -0.05) is 103 Å². The van der Waals surface area contributed by atoms with E-state index in [1.54, 1.807) is 18.3 Å². The topological polar surface area (TPSA) is 58.9 Å². The highest BCUT2D eigenvalue weighted by molar-refractivity contribution is 5.83. The highest BCUT2D eigenvalue weighted by Gasteiger charge is 2.20. The molecule has 0 aromatic heterocycles. The summed E-state index contributed by atoms with van der Waals surface area (Å²) in [5, 5.41) is 9.75. The maximum atomic E-state index is 12.2. The van der Waals surface area contributed by atoms with E-state index in [1.165, 1.54) is 77.0 Å². The minimum atomic E-state index is -0.109. The average Bonchev–Trinajstić information content (AvgIpc) is 2.82. The predicted octanol–water partition coefficient (Wildman–Crippen LogP) is 7.30. The maximum absolute atomic E-state index is 12.2. The van der Waals surface area contributed by atoms with Crippen molar-refractivity contribution in [3.05, 3.63) is 29.8 Å². The summed E-state index contributed by atoms with van der Waals surface area (Å²) in [5.41, 5.74) is 0.730. The number of carbonyl (C=O) groups is 1. The average molecular weight is 490 g/mol. The van der Waals surface area contributed by atoms with Crippen LogP contribution < -0.4 is 0 Å². The van der Waals surface area contributed by atoms with Crippen LogP contribution in [0.15, 0.2) is 29.3 Å². The van der Waals surface area contributed by atoms with Crippen LogP contribution in [0, 0.1) is 0 Å². The number of nitrogens with zero attached hydrogens (tertiary/aromatic N) is 2. The molecule has 1 aromatic rings. The van der Waals surface area contributed by atoms with Crippen LogP contribution in [0.1, 0.15) is 109 Å². The lowest BCUT2D eigenvalue weighted by atomic mass is 10.0. The molecule has 200 valence electrons. The van der Waals surface area contributed by atoms with E-state index in [9.17, 15) is 9.90 Å². The molecule has 0 aliphatic heterocycles. The van der Waals surface area contributed by atoms with Gasteiger partial charge in [0.15, 0.2) is 6.54 Å². The number of hydrogen-bond donors (Lipinski definition) is 1. The lowest BCUT2D eigenvalue weighted by molar-refractivity contribution is -0.883. The van der Waals surface area contributed by atoms with Gasteiger partial charge in [0.1, 0.15) is 5.75 Å². The van der Waals surface area contributed by atoms with Gasteiger partial charge in [0.05, 0.1) is 27.2 Å². The van der Waals surface area contributed by atoms with Crippen LogP contribution in [-0.4, -0.2) is 62.1 Å². The zero-order valence-corrected chi connectivity index (χ0v) is 23.0. The van der Waals surface area contributed by atoms with Gasteiger partial charge < -0.3 is 14.3 Å². The molecule has 0 heterocycles. The standard InChI is InChI=1S/C30H52N2O3/c1-4-5-6-7-8-9-10-11-12-13-14-15-16-19-25-35-30(34)27-32(2,3)24-20-23-31-26-28-21-17-18-22-29(28)33/h17-18,21-22,26H,4-16,19-20,23-25,27H2,1-3H3/p+1. The molecular formula is C30H53N2O3+. The largest absolute Gasteiger partial charge is 0.507 e. The Kier molecular flexibility index (Phi) is 18.1. The minimum absolute atomic E-state index is 0.109. The Bertz CT molecular complexity index is 688. The first kappa shape index (κ1) is 31.2. The summed E-state index contributed by atoms with van der Waals surface area (Å²) in [5.74, 6) is 0.135. The Balaban J connectivity index is 1.94. The normalized spacial score (nSPS) is 11.9. The second-order valence-corrected chi connectivity index (χ2v) is 10.6. The van der Waals surface area contributed by atoms with Crippen molar-refractivity contribution in [2.75, 3.05) is 40.3 Å². The first-order valence-electron chi connectivity index (χ1n) is 14.2. The van der Waals surface area contributed by atoms with Crippen molar-refractivity contribution in [3.63, 3.8) is 0 Å². The van der Waals surface area contributed by atoms with Gasteiger partial charge in [0.25, 0.3) is 0 Å². The Morgan fingerprint density at radius 1 is 0.857 bits per heavy atom. The molecule has 0 radical (unpaired) electrons. The number of aromatic hydroxyl groups is 1. The van der Waals surface area contributed by atoms with Crippen LogP contribution in [0.3, 0.4) is 0 Å². The number of esters is 1. The number of hydrogen-bond acceptors (Lipinski definition) is 4. The molecule has 0 saturated heterocycles. The zero-order chi connectivity index (χ0) is 25.6. The minimum Gasteiger partial charge on any atom is -0.507 e. The number of unbranched alkanes of at least 4 members (excludes halogenated alkanes) is 13. The summed E-state index contributed by atoms with van der Waals surface area (Å²) >= 11 is 0. The van der Waals surface area contributed by atoms with Gasteiger partial charge in [-0.2, -0.15) is 0 Å². The summed E-state index contributed by atoms with van der Waals surface area (Å²) in [6.45, 7) is 4.73. The van der Waals surface area contributed by atoms with E-state index in [4.69, 9.17) is 4.74 Å². The van der Waals surface area contributed by atoms with Crippen molar-refractivity contribution in [2.45, 2.75) is 103 Å². The van der Waals surface area contributed by atoms with Crippen LogP contribution in [-0.2, 0) is 9.53 Å². The lowest BCUT2D eigenvalue weighted by Crippen LogP contribution is -2.45. The number of carbonyl (C=O) groups excluding carboxylic acids is 1. The van der Waals surface area contributed by atoms with Crippen molar-refractivity contribution < 1.29 is 19.1 Å². The molecule has 0 unspecified atom stereocenters. The van der Waals surface area contributed by atoms with Crippen LogP contribution in [0.25, 0.3) is 0 Å². The molecule has 5 nitrogen and oxygen atoms in total. The van der Waals surface area contributed by atoms with E-state index in [-0.39, 0.29) is 11.7 Å². The van der Waals surface area contributed by atoms with Gasteiger partial charge in [-0.25, -0.2) is 4.79 Å². The van der Waals surface area contributed by atoms with E-state index in [1.807, 2.05) is 12.1 Å². The number of rotatable bonds is 22. The zero-order valence-electron chi connectivity index (χ0n) is 23.0. The molecule has 0 saturated carbocycles. The second-order valence-electron chi connectivity index (χ2n) is 10.6. The Morgan fingerprint density at radius 2 is 1.40 bits per heavy atom. The molecule has 0 bridgehead atoms. The van der Waals surface area contributed by atoms with E-state index in [0.717, 1.165) is 31.4 Å². The maximum Gasteiger partial charge on any atom is 0.361 e. The van der Waals surface area contributed by atoms with Crippen molar-refractivity contribution >= 4 is 12.2 Å². The van der Waals surface area contributed by atoms with Gasteiger partial charge in [-0.05, 0) is 18.6 Å². The molecule has 35 heavy (non-hydrogen) atoms. The third-order valence-electron chi connectivity index (χ3n) is 6.54. The molecular weight excluding hydrogens is 436 g/mol. The third kappa shape index (κ3) is 18.1. The fraction of sp³-hybridized carbons (Fsp3) is 0.733. The van der Waals surface area contributed by atoms with Crippen molar-refractivity contribution in [3.8, 4) is 5.75 Å². The summed E-state index contributed by atoms with van der Waals surface area (Å²) in [6.07, 6.45) is 21.2. The number of quaternary nitrogens is 1.